The van der Waals surface area contributed by atoms with Crippen LogP contribution in [0.3, 0.4) is 0 Å². The average Bonchev–Trinajstić information content (AvgIpc) is 3.32. The number of anilines is 1. The number of rotatable bonds is 4. The molecular weight excluding hydrogens is 350 g/mol. The van der Waals surface area contributed by atoms with Crippen molar-refractivity contribution in [1.29, 1.82) is 0 Å². The molecule has 7 heteroatoms. The van der Waals surface area contributed by atoms with Crippen molar-refractivity contribution in [3.05, 3.63) is 65.4 Å². The van der Waals surface area contributed by atoms with Crippen molar-refractivity contribution >= 4 is 23.3 Å². The third-order valence-electron chi connectivity index (χ3n) is 4.46. The lowest BCUT2D eigenvalue weighted by Crippen LogP contribution is -2.37. The molecule has 6 nitrogen and oxygen atoms in total. The molecule has 132 valence electrons. The number of aromatic nitrogens is 3. The van der Waals surface area contributed by atoms with Gasteiger partial charge < -0.3 is 10.2 Å². The van der Waals surface area contributed by atoms with Crippen LogP contribution in [0.15, 0.2) is 54.7 Å². The fraction of sp³-hybridized carbons (Fsp3) is 0.211. The first kappa shape index (κ1) is 16.6. The Morgan fingerprint density at radius 1 is 1.23 bits per heavy atom. The molecule has 26 heavy (non-hydrogen) atoms. The van der Waals surface area contributed by atoms with E-state index in [-0.39, 0.29) is 11.9 Å². The van der Waals surface area contributed by atoms with Crippen LogP contribution in [0.25, 0.3) is 11.3 Å². The van der Waals surface area contributed by atoms with Gasteiger partial charge in [-0.05, 0) is 36.2 Å². The summed E-state index contributed by atoms with van der Waals surface area (Å²) in [5.74, 6) is 0.742. The molecule has 1 aromatic carbocycles. The van der Waals surface area contributed by atoms with Gasteiger partial charge in [-0.1, -0.05) is 29.8 Å². The van der Waals surface area contributed by atoms with E-state index in [1.807, 2.05) is 36.4 Å². The number of benzene rings is 1. The molecule has 0 bridgehead atoms. The minimum Gasteiger partial charge on any atom is -0.353 e. The van der Waals surface area contributed by atoms with Gasteiger partial charge in [-0.3, -0.25) is 14.9 Å². The van der Waals surface area contributed by atoms with Gasteiger partial charge in [0.2, 0.25) is 0 Å². The normalized spacial score (nSPS) is 16.7. The molecule has 0 aliphatic carbocycles. The van der Waals surface area contributed by atoms with Crippen molar-refractivity contribution in [3.8, 4) is 11.3 Å². The van der Waals surface area contributed by atoms with Gasteiger partial charge in [0.05, 0.1) is 5.69 Å². The number of H-pyrrole nitrogens is 1. The summed E-state index contributed by atoms with van der Waals surface area (Å²) in [6.07, 6.45) is 2.50. The SMILES string of the molecule is O=C(N[C@@H]1CCN(c2cc(-c3ccc(Cl)cc3)[nH]n2)C1)c1ccccn1. The Bertz CT molecular complexity index is 894. The largest absolute Gasteiger partial charge is 0.353 e. The van der Waals surface area contributed by atoms with Gasteiger partial charge in [-0.15, -0.1) is 0 Å². The van der Waals surface area contributed by atoms with E-state index in [0.717, 1.165) is 36.6 Å². The summed E-state index contributed by atoms with van der Waals surface area (Å²) in [5, 5.41) is 11.2. The maximum Gasteiger partial charge on any atom is 0.270 e. The van der Waals surface area contributed by atoms with Gasteiger partial charge in [0, 0.05) is 36.4 Å². The Kier molecular flexibility index (Phi) is 4.58. The second kappa shape index (κ2) is 7.17. The highest BCUT2D eigenvalue weighted by molar-refractivity contribution is 6.30. The molecule has 0 unspecified atom stereocenters. The summed E-state index contributed by atoms with van der Waals surface area (Å²) in [6, 6.07) is 15.1. The smallest absolute Gasteiger partial charge is 0.270 e. The van der Waals surface area contributed by atoms with Crippen LogP contribution in [0.1, 0.15) is 16.9 Å². The van der Waals surface area contributed by atoms with Crippen LogP contribution in [0.4, 0.5) is 5.82 Å². The van der Waals surface area contributed by atoms with E-state index >= 15 is 0 Å². The summed E-state index contributed by atoms with van der Waals surface area (Å²) >= 11 is 5.94. The van der Waals surface area contributed by atoms with Crippen LogP contribution >= 0.6 is 11.6 Å². The van der Waals surface area contributed by atoms with E-state index in [0.29, 0.717) is 10.7 Å². The Morgan fingerprint density at radius 3 is 2.85 bits per heavy atom. The summed E-state index contributed by atoms with van der Waals surface area (Å²) in [4.78, 5) is 18.5. The van der Waals surface area contributed by atoms with Gasteiger partial charge >= 0.3 is 0 Å². The number of hydrogen-bond acceptors (Lipinski definition) is 4. The zero-order valence-electron chi connectivity index (χ0n) is 14.0. The molecule has 0 saturated carbocycles. The Morgan fingerprint density at radius 2 is 2.08 bits per heavy atom. The number of aromatic amines is 1. The molecule has 1 aliphatic rings. The number of nitrogens with one attached hydrogen (secondary N) is 2. The molecule has 0 spiro atoms. The summed E-state index contributed by atoms with van der Waals surface area (Å²) in [5.41, 5.74) is 2.42. The lowest BCUT2D eigenvalue weighted by Gasteiger charge is -2.15. The van der Waals surface area contributed by atoms with E-state index in [4.69, 9.17) is 11.6 Å². The van der Waals surface area contributed by atoms with Crippen LogP contribution in [0.5, 0.6) is 0 Å². The zero-order valence-corrected chi connectivity index (χ0v) is 14.8. The van der Waals surface area contributed by atoms with Gasteiger partial charge in [-0.25, -0.2) is 0 Å². The molecule has 4 rings (SSSR count). The molecule has 1 amide bonds. The average molecular weight is 368 g/mol. The number of pyridine rings is 1. The first-order chi connectivity index (χ1) is 12.7. The second-order valence-electron chi connectivity index (χ2n) is 6.27. The summed E-state index contributed by atoms with van der Waals surface area (Å²) in [7, 11) is 0. The lowest BCUT2D eigenvalue weighted by atomic mass is 10.1. The second-order valence-corrected chi connectivity index (χ2v) is 6.70. The van der Waals surface area contributed by atoms with E-state index < -0.39 is 0 Å². The molecule has 0 radical (unpaired) electrons. The number of carbonyl (C=O) groups is 1. The first-order valence-corrected chi connectivity index (χ1v) is 8.85. The molecule has 1 aliphatic heterocycles. The number of carbonyl (C=O) groups excluding carboxylic acids is 1. The Hall–Kier alpha value is -2.86. The maximum absolute atomic E-state index is 12.2. The third kappa shape index (κ3) is 3.55. The number of nitrogens with zero attached hydrogens (tertiary/aromatic N) is 3. The van der Waals surface area contributed by atoms with Gasteiger partial charge in [0.25, 0.3) is 5.91 Å². The molecule has 3 aromatic rings. The highest BCUT2D eigenvalue weighted by Gasteiger charge is 2.26. The molecule has 2 aromatic heterocycles. The molecule has 1 saturated heterocycles. The van der Waals surface area contributed by atoms with Crippen LogP contribution in [-0.2, 0) is 0 Å². The van der Waals surface area contributed by atoms with Crippen molar-refractivity contribution in [2.75, 3.05) is 18.0 Å². The highest BCUT2D eigenvalue weighted by Crippen LogP contribution is 2.25. The van der Waals surface area contributed by atoms with E-state index in [2.05, 4.69) is 25.4 Å². The predicted molar refractivity (Wildman–Crippen MR) is 101 cm³/mol. The lowest BCUT2D eigenvalue weighted by molar-refractivity contribution is 0.0935. The molecule has 3 heterocycles. The molecule has 1 atom stereocenters. The van der Waals surface area contributed by atoms with Crippen molar-refractivity contribution in [1.82, 2.24) is 20.5 Å². The first-order valence-electron chi connectivity index (χ1n) is 8.47. The van der Waals surface area contributed by atoms with Gasteiger partial charge in [0.15, 0.2) is 5.82 Å². The third-order valence-corrected chi connectivity index (χ3v) is 4.72. The Labute approximate surface area is 156 Å². The highest BCUT2D eigenvalue weighted by atomic mass is 35.5. The molecular formula is C19H18ClN5O. The minimum atomic E-state index is -0.138. The quantitative estimate of drug-likeness (QED) is 0.743. The van der Waals surface area contributed by atoms with E-state index in [1.54, 1.807) is 18.3 Å². The molecule has 2 N–H and O–H groups in total. The van der Waals surface area contributed by atoms with Crippen molar-refractivity contribution in [2.24, 2.45) is 0 Å². The van der Waals surface area contributed by atoms with Crippen molar-refractivity contribution in [2.45, 2.75) is 12.5 Å². The minimum absolute atomic E-state index is 0.0835. The van der Waals surface area contributed by atoms with Crippen molar-refractivity contribution in [3.63, 3.8) is 0 Å². The van der Waals surface area contributed by atoms with Gasteiger partial charge in [0.1, 0.15) is 5.69 Å². The van der Waals surface area contributed by atoms with Gasteiger partial charge in [-0.2, -0.15) is 5.10 Å². The fourth-order valence-corrected chi connectivity index (χ4v) is 3.22. The monoisotopic (exact) mass is 367 g/mol. The molecule has 1 fully saturated rings. The number of hydrogen-bond donors (Lipinski definition) is 2. The van der Waals surface area contributed by atoms with Crippen LogP contribution in [-0.4, -0.2) is 40.2 Å². The Balaban J connectivity index is 1.40. The zero-order chi connectivity index (χ0) is 17.9. The van der Waals surface area contributed by atoms with E-state index in [1.165, 1.54) is 0 Å². The van der Waals surface area contributed by atoms with Crippen LogP contribution in [0.2, 0.25) is 5.02 Å². The summed E-state index contributed by atoms with van der Waals surface area (Å²) in [6.45, 7) is 1.57. The maximum atomic E-state index is 12.2. The van der Waals surface area contributed by atoms with E-state index in [9.17, 15) is 4.79 Å². The number of amides is 1. The standard InChI is InChI=1S/C19H18ClN5O/c20-14-6-4-13(5-7-14)17-11-18(24-23-17)25-10-8-15(12-25)22-19(26)16-3-1-2-9-21-16/h1-7,9,11,15H,8,10,12H2,(H,22,26)(H,23,24)/t15-/m1/s1. The summed E-state index contributed by atoms with van der Waals surface area (Å²) < 4.78 is 0. The number of halogens is 1. The van der Waals surface area contributed by atoms with Crippen LogP contribution in [0, 0.1) is 0 Å². The topological polar surface area (TPSA) is 73.9 Å². The van der Waals surface area contributed by atoms with Crippen LogP contribution < -0.4 is 10.2 Å². The fourth-order valence-electron chi connectivity index (χ4n) is 3.09. The predicted octanol–water partition coefficient (Wildman–Crippen LogP) is 3.13. The van der Waals surface area contributed by atoms with Crippen molar-refractivity contribution < 1.29 is 4.79 Å².